The van der Waals surface area contributed by atoms with Gasteiger partial charge in [0.1, 0.15) is 0 Å². The monoisotopic (exact) mass is 287 g/mol. The molecule has 102 valence electrons. The molecule has 0 spiro atoms. The molecule has 0 heterocycles. The van der Waals surface area contributed by atoms with Crippen LogP contribution in [0.3, 0.4) is 0 Å². The normalized spacial score (nSPS) is 14.8. The Morgan fingerprint density at radius 2 is 1.83 bits per heavy atom. The highest BCUT2D eigenvalue weighted by molar-refractivity contribution is 6.35. The van der Waals surface area contributed by atoms with Crippen molar-refractivity contribution in [3.63, 3.8) is 0 Å². The molecule has 0 saturated heterocycles. The Balaban J connectivity index is 2.76. The van der Waals surface area contributed by atoms with E-state index in [2.05, 4.69) is 33.0 Å². The fourth-order valence-electron chi connectivity index (χ4n) is 2.33. The van der Waals surface area contributed by atoms with E-state index >= 15 is 0 Å². The van der Waals surface area contributed by atoms with Crippen molar-refractivity contribution in [3.05, 3.63) is 33.8 Å². The number of rotatable bonds is 6. The summed E-state index contributed by atoms with van der Waals surface area (Å²) in [6, 6.07) is 6.52. The minimum atomic E-state index is 0.295. The van der Waals surface area contributed by atoms with Crippen molar-refractivity contribution in [3.8, 4) is 0 Å². The van der Waals surface area contributed by atoms with E-state index in [0.717, 1.165) is 17.0 Å². The maximum Gasteiger partial charge on any atom is 0.0468 e. The van der Waals surface area contributed by atoms with E-state index < -0.39 is 0 Å². The number of halogens is 2. The van der Waals surface area contributed by atoms with Crippen LogP contribution >= 0.6 is 23.2 Å². The van der Waals surface area contributed by atoms with Gasteiger partial charge < -0.3 is 5.32 Å². The van der Waals surface area contributed by atoms with Gasteiger partial charge in [0.05, 0.1) is 0 Å². The fourth-order valence-corrected chi connectivity index (χ4v) is 2.87. The van der Waals surface area contributed by atoms with Crippen LogP contribution in [0.5, 0.6) is 0 Å². The molecule has 3 heteroatoms. The first-order valence-corrected chi connectivity index (χ1v) is 7.40. The minimum absolute atomic E-state index is 0.295. The maximum atomic E-state index is 6.27. The van der Waals surface area contributed by atoms with E-state index in [1.165, 1.54) is 6.42 Å². The number of hydrogen-bond donors (Lipinski definition) is 1. The molecule has 1 aromatic rings. The Bertz CT molecular complexity index is 377. The number of hydrogen-bond acceptors (Lipinski definition) is 1. The second kappa shape index (κ2) is 7.37. The Morgan fingerprint density at radius 1 is 1.17 bits per heavy atom. The zero-order valence-electron chi connectivity index (χ0n) is 11.6. The van der Waals surface area contributed by atoms with Gasteiger partial charge in [0.15, 0.2) is 0 Å². The van der Waals surface area contributed by atoms with Gasteiger partial charge in [-0.2, -0.15) is 0 Å². The molecular weight excluding hydrogens is 265 g/mol. The van der Waals surface area contributed by atoms with Crippen molar-refractivity contribution in [2.45, 2.75) is 52.6 Å². The third-order valence-corrected chi connectivity index (χ3v) is 3.62. The van der Waals surface area contributed by atoms with Crippen LogP contribution < -0.4 is 5.32 Å². The van der Waals surface area contributed by atoms with Gasteiger partial charge in [-0.1, -0.05) is 50.0 Å². The predicted molar refractivity (Wildman–Crippen MR) is 81.5 cm³/mol. The Hall–Kier alpha value is -0.240. The Labute approximate surface area is 121 Å². The van der Waals surface area contributed by atoms with Crippen molar-refractivity contribution >= 4 is 23.2 Å². The fraction of sp³-hybridized carbons (Fsp3) is 0.600. The van der Waals surface area contributed by atoms with Gasteiger partial charge in [0.2, 0.25) is 0 Å². The second-order valence-corrected chi connectivity index (χ2v) is 6.17. The summed E-state index contributed by atoms with van der Waals surface area (Å²) in [5, 5.41) is 5.08. The summed E-state index contributed by atoms with van der Waals surface area (Å²) in [4.78, 5) is 0. The van der Waals surface area contributed by atoms with Crippen LogP contribution in [-0.4, -0.2) is 6.04 Å². The van der Waals surface area contributed by atoms with E-state index in [0.29, 0.717) is 23.0 Å². The molecule has 2 atom stereocenters. The van der Waals surface area contributed by atoms with Gasteiger partial charge in [-0.15, -0.1) is 0 Å². The summed E-state index contributed by atoms with van der Waals surface area (Å²) in [6.07, 6.45) is 2.19. The lowest BCUT2D eigenvalue weighted by atomic mass is 10.00. The SMILES string of the molecule is CCC(NC(C)CC(C)C)c1ccc(Cl)cc1Cl. The molecule has 0 aromatic heterocycles. The molecule has 0 fully saturated rings. The zero-order chi connectivity index (χ0) is 13.7. The molecule has 1 N–H and O–H groups in total. The summed E-state index contributed by atoms with van der Waals surface area (Å²) >= 11 is 12.2. The van der Waals surface area contributed by atoms with Crippen LogP contribution in [0.2, 0.25) is 10.0 Å². The average Bonchev–Trinajstić information content (AvgIpc) is 2.25. The molecule has 0 bridgehead atoms. The van der Waals surface area contributed by atoms with Crippen LogP contribution in [0.15, 0.2) is 18.2 Å². The van der Waals surface area contributed by atoms with Gasteiger partial charge in [-0.25, -0.2) is 0 Å². The molecule has 0 aliphatic heterocycles. The second-order valence-electron chi connectivity index (χ2n) is 5.32. The van der Waals surface area contributed by atoms with E-state index in [4.69, 9.17) is 23.2 Å². The van der Waals surface area contributed by atoms with Crippen LogP contribution in [0, 0.1) is 5.92 Å². The van der Waals surface area contributed by atoms with E-state index in [9.17, 15) is 0 Å². The predicted octanol–water partition coefficient (Wildman–Crippen LogP) is 5.47. The summed E-state index contributed by atoms with van der Waals surface area (Å²) in [5.74, 6) is 0.700. The van der Waals surface area contributed by atoms with Crippen LogP contribution in [-0.2, 0) is 0 Å². The lowest BCUT2D eigenvalue weighted by Gasteiger charge is -2.24. The number of benzene rings is 1. The Kier molecular flexibility index (Phi) is 6.48. The largest absolute Gasteiger partial charge is 0.307 e. The topological polar surface area (TPSA) is 12.0 Å². The molecule has 0 aliphatic rings. The minimum Gasteiger partial charge on any atom is -0.307 e. The summed E-state index contributed by atoms with van der Waals surface area (Å²) in [5.41, 5.74) is 1.14. The standard InChI is InChI=1S/C15H23Cl2N/c1-5-15(18-11(4)8-10(2)3)13-7-6-12(16)9-14(13)17/h6-7,9-11,15,18H,5,8H2,1-4H3. The van der Waals surface area contributed by atoms with Crippen molar-refractivity contribution in [2.24, 2.45) is 5.92 Å². The molecule has 1 rings (SSSR count). The highest BCUT2D eigenvalue weighted by Crippen LogP contribution is 2.28. The van der Waals surface area contributed by atoms with Crippen LogP contribution in [0.1, 0.15) is 52.1 Å². The van der Waals surface area contributed by atoms with Gasteiger partial charge in [-0.3, -0.25) is 0 Å². The zero-order valence-corrected chi connectivity index (χ0v) is 13.1. The van der Waals surface area contributed by atoms with Crippen LogP contribution in [0.25, 0.3) is 0 Å². The molecule has 0 amide bonds. The van der Waals surface area contributed by atoms with E-state index in [1.54, 1.807) is 0 Å². The molecule has 18 heavy (non-hydrogen) atoms. The average molecular weight is 288 g/mol. The van der Waals surface area contributed by atoms with Gasteiger partial charge in [-0.05, 0) is 43.4 Å². The molecule has 1 nitrogen and oxygen atoms in total. The third kappa shape index (κ3) is 4.79. The van der Waals surface area contributed by atoms with E-state index in [1.807, 2.05) is 18.2 Å². The first kappa shape index (κ1) is 15.8. The first-order valence-electron chi connectivity index (χ1n) is 6.65. The van der Waals surface area contributed by atoms with Crippen molar-refractivity contribution in [1.82, 2.24) is 5.32 Å². The van der Waals surface area contributed by atoms with Gasteiger partial charge >= 0.3 is 0 Å². The van der Waals surface area contributed by atoms with Crippen molar-refractivity contribution < 1.29 is 0 Å². The Morgan fingerprint density at radius 3 is 2.33 bits per heavy atom. The lowest BCUT2D eigenvalue weighted by Crippen LogP contribution is -2.31. The maximum absolute atomic E-state index is 6.27. The van der Waals surface area contributed by atoms with Crippen LogP contribution in [0.4, 0.5) is 0 Å². The molecule has 0 saturated carbocycles. The lowest BCUT2D eigenvalue weighted by molar-refractivity contribution is 0.388. The molecule has 2 unspecified atom stereocenters. The molecule has 0 aliphatic carbocycles. The molecular formula is C15H23Cl2N. The van der Waals surface area contributed by atoms with Gasteiger partial charge in [0.25, 0.3) is 0 Å². The first-order chi connectivity index (χ1) is 8.43. The van der Waals surface area contributed by atoms with E-state index in [-0.39, 0.29) is 0 Å². The smallest absolute Gasteiger partial charge is 0.0468 e. The highest BCUT2D eigenvalue weighted by Gasteiger charge is 2.16. The summed E-state index contributed by atoms with van der Waals surface area (Å²) in [6.45, 7) is 8.89. The van der Waals surface area contributed by atoms with Crippen molar-refractivity contribution in [2.75, 3.05) is 0 Å². The number of nitrogens with one attached hydrogen (secondary N) is 1. The molecule has 1 aromatic carbocycles. The van der Waals surface area contributed by atoms with Crippen molar-refractivity contribution in [1.29, 1.82) is 0 Å². The third-order valence-electron chi connectivity index (χ3n) is 3.06. The quantitative estimate of drug-likeness (QED) is 0.732. The summed E-state index contributed by atoms with van der Waals surface area (Å²) in [7, 11) is 0. The highest BCUT2D eigenvalue weighted by atomic mass is 35.5. The summed E-state index contributed by atoms with van der Waals surface area (Å²) < 4.78 is 0. The van der Waals surface area contributed by atoms with Gasteiger partial charge in [0, 0.05) is 22.1 Å². The molecule has 0 radical (unpaired) electrons.